The van der Waals surface area contributed by atoms with E-state index in [4.69, 9.17) is 4.52 Å². The van der Waals surface area contributed by atoms with E-state index in [1.54, 1.807) is 6.20 Å². The summed E-state index contributed by atoms with van der Waals surface area (Å²) in [6, 6.07) is 0. The van der Waals surface area contributed by atoms with E-state index in [9.17, 15) is 4.79 Å². The maximum absolute atomic E-state index is 12.0. The standard InChI is InChI=1S/C14H20N4O2/c1-4-11-10(3)17-20-14(11)16-13(19)6-8-18-9-7-15-12(18)5-2/h7,9H,4-6,8H2,1-3H3,(H,16,19). The van der Waals surface area contributed by atoms with Crippen LogP contribution in [-0.2, 0) is 24.2 Å². The van der Waals surface area contributed by atoms with Crippen molar-refractivity contribution in [2.24, 2.45) is 0 Å². The summed E-state index contributed by atoms with van der Waals surface area (Å²) in [6.07, 6.45) is 5.67. The number of hydrogen-bond acceptors (Lipinski definition) is 4. The molecule has 6 heteroatoms. The fourth-order valence-electron chi connectivity index (χ4n) is 2.17. The second kappa shape index (κ2) is 6.36. The molecule has 0 aromatic carbocycles. The Labute approximate surface area is 118 Å². The predicted octanol–water partition coefficient (Wildman–Crippen LogP) is 2.33. The summed E-state index contributed by atoms with van der Waals surface area (Å²) in [5.74, 6) is 1.38. The minimum atomic E-state index is -0.0772. The van der Waals surface area contributed by atoms with Crippen molar-refractivity contribution in [2.45, 2.75) is 46.6 Å². The third kappa shape index (κ3) is 3.07. The van der Waals surface area contributed by atoms with Crippen molar-refractivity contribution >= 4 is 11.8 Å². The number of anilines is 1. The molecule has 2 rings (SSSR count). The Morgan fingerprint density at radius 2 is 2.20 bits per heavy atom. The van der Waals surface area contributed by atoms with Crippen LogP contribution in [0.2, 0.25) is 0 Å². The first-order valence-corrected chi connectivity index (χ1v) is 6.90. The van der Waals surface area contributed by atoms with Gasteiger partial charge in [0.2, 0.25) is 11.8 Å². The van der Waals surface area contributed by atoms with Crippen LogP contribution in [0.15, 0.2) is 16.9 Å². The van der Waals surface area contributed by atoms with Crippen LogP contribution < -0.4 is 5.32 Å². The molecule has 0 aliphatic carbocycles. The van der Waals surface area contributed by atoms with Crippen molar-refractivity contribution in [1.29, 1.82) is 0 Å². The fraction of sp³-hybridized carbons (Fsp3) is 0.500. The van der Waals surface area contributed by atoms with Gasteiger partial charge in [0.15, 0.2) is 0 Å². The van der Waals surface area contributed by atoms with Crippen LogP contribution in [-0.4, -0.2) is 20.6 Å². The number of carbonyl (C=O) groups is 1. The monoisotopic (exact) mass is 276 g/mol. The zero-order valence-electron chi connectivity index (χ0n) is 12.1. The number of imidazole rings is 1. The third-order valence-electron chi connectivity index (χ3n) is 3.29. The van der Waals surface area contributed by atoms with E-state index < -0.39 is 0 Å². The van der Waals surface area contributed by atoms with Crippen molar-refractivity contribution in [3.05, 3.63) is 29.5 Å². The quantitative estimate of drug-likeness (QED) is 0.878. The minimum absolute atomic E-state index is 0.0772. The number of carbonyl (C=O) groups excluding carboxylic acids is 1. The first kappa shape index (κ1) is 14.3. The molecule has 2 aromatic heterocycles. The highest BCUT2D eigenvalue weighted by atomic mass is 16.5. The molecule has 0 saturated carbocycles. The minimum Gasteiger partial charge on any atom is -0.338 e. The highest BCUT2D eigenvalue weighted by molar-refractivity contribution is 5.90. The number of nitrogens with one attached hydrogen (secondary N) is 1. The molecule has 6 nitrogen and oxygen atoms in total. The molecule has 0 bridgehead atoms. The number of rotatable bonds is 6. The Balaban J connectivity index is 1.93. The molecule has 2 aromatic rings. The summed E-state index contributed by atoms with van der Waals surface area (Å²) >= 11 is 0. The average molecular weight is 276 g/mol. The van der Waals surface area contributed by atoms with Crippen molar-refractivity contribution in [2.75, 3.05) is 5.32 Å². The lowest BCUT2D eigenvalue weighted by Gasteiger charge is -2.06. The van der Waals surface area contributed by atoms with Crippen LogP contribution in [0.3, 0.4) is 0 Å². The van der Waals surface area contributed by atoms with Crippen LogP contribution >= 0.6 is 0 Å². The summed E-state index contributed by atoms with van der Waals surface area (Å²) in [4.78, 5) is 16.2. The van der Waals surface area contributed by atoms with Gasteiger partial charge in [0.25, 0.3) is 0 Å². The maximum Gasteiger partial charge on any atom is 0.234 e. The van der Waals surface area contributed by atoms with Crippen LogP contribution in [0.4, 0.5) is 5.88 Å². The van der Waals surface area contributed by atoms with Gasteiger partial charge >= 0.3 is 0 Å². The molecular weight excluding hydrogens is 256 g/mol. The van der Waals surface area contributed by atoms with Gasteiger partial charge in [0.1, 0.15) is 5.82 Å². The van der Waals surface area contributed by atoms with Crippen molar-refractivity contribution in [3.8, 4) is 0 Å². The topological polar surface area (TPSA) is 73.0 Å². The van der Waals surface area contributed by atoms with Gasteiger partial charge in [0, 0.05) is 37.3 Å². The molecule has 0 aliphatic rings. The first-order chi connectivity index (χ1) is 9.65. The molecule has 2 heterocycles. The lowest BCUT2D eigenvalue weighted by Crippen LogP contribution is -2.15. The van der Waals surface area contributed by atoms with Gasteiger partial charge in [-0.15, -0.1) is 0 Å². The Morgan fingerprint density at radius 3 is 2.90 bits per heavy atom. The maximum atomic E-state index is 12.0. The largest absolute Gasteiger partial charge is 0.338 e. The molecule has 0 saturated heterocycles. The smallest absolute Gasteiger partial charge is 0.234 e. The summed E-state index contributed by atoms with van der Waals surface area (Å²) in [5, 5.41) is 6.65. The summed E-state index contributed by atoms with van der Waals surface area (Å²) in [5.41, 5.74) is 1.78. The van der Waals surface area contributed by atoms with E-state index >= 15 is 0 Å². The number of amides is 1. The van der Waals surface area contributed by atoms with Crippen LogP contribution in [0.5, 0.6) is 0 Å². The van der Waals surface area contributed by atoms with Gasteiger partial charge in [-0.25, -0.2) is 4.98 Å². The number of nitrogens with zero attached hydrogens (tertiary/aromatic N) is 3. The van der Waals surface area contributed by atoms with Gasteiger partial charge < -0.3 is 9.09 Å². The van der Waals surface area contributed by atoms with E-state index in [0.29, 0.717) is 18.8 Å². The lowest BCUT2D eigenvalue weighted by atomic mass is 10.2. The Kier molecular flexibility index (Phi) is 4.55. The zero-order valence-corrected chi connectivity index (χ0v) is 12.1. The molecular formula is C14H20N4O2. The normalized spacial score (nSPS) is 10.8. The third-order valence-corrected chi connectivity index (χ3v) is 3.29. The van der Waals surface area contributed by atoms with E-state index in [-0.39, 0.29) is 5.91 Å². The fourth-order valence-corrected chi connectivity index (χ4v) is 2.17. The van der Waals surface area contributed by atoms with Crippen molar-refractivity contribution in [3.63, 3.8) is 0 Å². The van der Waals surface area contributed by atoms with Crippen LogP contribution in [0.25, 0.3) is 0 Å². The molecule has 20 heavy (non-hydrogen) atoms. The highest BCUT2D eigenvalue weighted by Crippen LogP contribution is 2.19. The van der Waals surface area contributed by atoms with Gasteiger partial charge in [-0.1, -0.05) is 19.0 Å². The van der Waals surface area contributed by atoms with Gasteiger partial charge in [-0.3, -0.25) is 10.1 Å². The molecule has 0 atom stereocenters. The first-order valence-electron chi connectivity index (χ1n) is 6.90. The molecule has 0 fully saturated rings. The molecule has 1 amide bonds. The molecule has 0 radical (unpaired) electrons. The number of hydrogen-bond donors (Lipinski definition) is 1. The Hall–Kier alpha value is -2.11. The van der Waals surface area contributed by atoms with Crippen molar-refractivity contribution < 1.29 is 9.32 Å². The summed E-state index contributed by atoms with van der Waals surface area (Å²) in [6.45, 7) is 6.54. The predicted molar refractivity (Wildman–Crippen MR) is 75.5 cm³/mol. The Morgan fingerprint density at radius 1 is 1.40 bits per heavy atom. The van der Waals surface area contributed by atoms with E-state index in [1.807, 2.05) is 31.5 Å². The SMILES string of the molecule is CCc1c(C)noc1NC(=O)CCn1ccnc1CC. The van der Waals surface area contributed by atoms with E-state index in [0.717, 1.165) is 29.9 Å². The Bertz CT molecular complexity index is 586. The van der Waals surface area contributed by atoms with Gasteiger partial charge in [-0.2, -0.15) is 0 Å². The second-order valence-electron chi connectivity index (χ2n) is 4.62. The van der Waals surface area contributed by atoms with E-state index in [1.165, 1.54) is 0 Å². The average Bonchev–Trinajstić information content (AvgIpc) is 3.03. The van der Waals surface area contributed by atoms with Gasteiger partial charge in [-0.05, 0) is 13.3 Å². The van der Waals surface area contributed by atoms with Gasteiger partial charge in [0.05, 0.1) is 5.69 Å². The lowest BCUT2D eigenvalue weighted by molar-refractivity contribution is -0.116. The molecule has 0 unspecified atom stereocenters. The molecule has 0 aliphatic heterocycles. The summed E-state index contributed by atoms with van der Waals surface area (Å²) < 4.78 is 7.13. The zero-order chi connectivity index (χ0) is 14.5. The second-order valence-corrected chi connectivity index (χ2v) is 4.62. The molecule has 1 N–H and O–H groups in total. The number of aryl methyl sites for hydroxylation is 3. The van der Waals surface area contributed by atoms with E-state index in [2.05, 4.69) is 15.5 Å². The number of aromatic nitrogens is 3. The van der Waals surface area contributed by atoms with Crippen molar-refractivity contribution in [1.82, 2.24) is 14.7 Å². The molecule has 108 valence electrons. The summed E-state index contributed by atoms with van der Waals surface area (Å²) in [7, 11) is 0. The van der Waals surface area contributed by atoms with Crippen LogP contribution in [0.1, 0.15) is 37.4 Å². The highest BCUT2D eigenvalue weighted by Gasteiger charge is 2.14. The molecule has 0 spiro atoms. The van der Waals surface area contributed by atoms with Crippen LogP contribution in [0, 0.1) is 6.92 Å².